The predicted molar refractivity (Wildman–Crippen MR) is 109 cm³/mol. The number of rotatable bonds is 4. The summed E-state index contributed by atoms with van der Waals surface area (Å²) in [7, 11) is 0. The summed E-state index contributed by atoms with van der Waals surface area (Å²) in [6.45, 7) is 1.97. The van der Waals surface area contributed by atoms with Gasteiger partial charge in [-0.05, 0) is 49.4 Å². The first-order valence-corrected chi connectivity index (χ1v) is 9.34. The third kappa shape index (κ3) is 3.77. The zero-order valence-electron chi connectivity index (χ0n) is 14.3. The van der Waals surface area contributed by atoms with Gasteiger partial charge < -0.3 is 4.42 Å². The zero-order valence-corrected chi connectivity index (χ0v) is 15.9. The third-order valence-corrected chi connectivity index (χ3v) is 5.08. The number of aromatic nitrogens is 1. The van der Waals surface area contributed by atoms with E-state index in [1.165, 1.54) is 22.6 Å². The number of thiazole rings is 1. The second-order valence-corrected chi connectivity index (χ2v) is 7.30. The lowest BCUT2D eigenvalue weighted by atomic mass is 10.1. The summed E-state index contributed by atoms with van der Waals surface area (Å²) in [5.41, 5.74) is 2.36. The van der Waals surface area contributed by atoms with Crippen molar-refractivity contribution < 1.29 is 9.21 Å². The SMILES string of the molecule is Cc1ccc(C(=O)N(/N=C\c2ccco2)c2nc3ccc(Cl)cc3s2)cc1. The molecule has 0 unspecified atom stereocenters. The Morgan fingerprint density at radius 1 is 1.22 bits per heavy atom. The number of hydrazone groups is 1. The fourth-order valence-corrected chi connectivity index (χ4v) is 3.66. The Bertz CT molecular complexity index is 1120. The van der Waals surface area contributed by atoms with Crippen molar-refractivity contribution in [1.29, 1.82) is 0 Å². The lowest BCUT2D eigenvalue weighted by molar-refractivity contribution is 0.0988. The summed E-state index contributed by atoms with van der Waals surface area (Å²) >= 11 is 7.41. The third-order valence-electron chi connectivity index (χ3n) is 3.85. The van der Waals surface area contributed by atoms with Crippen LogP contribution in [0.15, 0.2) is 70.4 Å². The van der Waals surface area contributed by atoms with Gasteiger partial charge in [-0.3, -0.25) is 4.79 Å². The molecule has 134 valence electrons. The van der Waals surface area contributed by atoms with Crippen molar-refractivity contribution in [3.8, 4) is 0 Å². The van der Waals surface area contributed by atoms with Gasteiger partial charge in [0.1, 0.15) is 5.76 Å². The molecule has 4 aromatic rings. The Labute approximate surface area is 164 Å². The first kappa shape index (κ1) is 17.5. The maximum atomic E-state index is 13.1. The second kappa shape index (κ2) is 7.34. The van der Waals surface area contributed by atoms with Crippen LogP contribution in [0.4, 0.5) is 5.13 Å². The molecule has 0 aliphatic carbocycles. The number of halogens is 1. The summed E-state index contributed by atoms with van der Waals surface area (Å²) in [6.07, 6.45) is 3.04. The van der Waals surface area contributed by atoms with Crippen LogP contribution in [0.25, 0.3) is 10.2 Å². The van der Waals surface area contributed by atoms with Crippen LogP contribution in [0.5, 0.6) is 0 Å². The number of carbonyl (C=O) groups excluding carboxylic acids is 1. The number of furan rings is 1. The van der Waals surface area contributed by atoms with Crippen LogP contribution in [0.3, 0.4) is 0 Å². The zero-order chi connectivity index (χ0) is 18.8. The Kier molecular flexibility index (Phi) is 4.75. The molecule has 0 aliphatic heterocycles. The number of nitrogens with zero attached hydrogens (tertiary/aromatic N) is 3. The maximum Gasteiger partial charge on any atom is 0.280 e. The van der Waals surface area contributed by atoms with Gasteiger partial charge in [0, 0.05) is 10.6 Å². The average Bonchev–Trinajstić information content (AvgIpc) is 3.31. The number of fused-ring (bicyclic) bond motifs is 1. The van der Waals surface area contributed by atoms with Crippen molar-refractivity contribution in [3.63, 3.8) is 0 Å². The second-order valence-electron chi connectivity index (χ2n) is 5.85. The maximum absolute atomic E-state index is 13.1. The van der Waals surface area contributed by atoms with E-state index in [1.54, 1.807) is 36.6 Å². The van der Waals surface area contributed by atoms with Crippen LogP contribution >= 0.6 is 22.9 Å². The lowest BCUT2D eigenvalue weighted by Crippen LogP contribution is -2.25. The van der Waals surface area contributed by atoms with Crippen molar-refractivity contribution in [2.75, 3.05) is 5.01 Å². The summed E-state index contributed by atoms with van der Waals surface area (Å²) in [6, 6.07) is 16.3. The van der Waals surface area contributed by atoms with E-state index in [1.807, 2.05) is 31.2 Å². The summed E-state index contributed by atoms with van der Waals surface area (Å²) in [4.78, 5) is 17.6. The average molecular weight is 396 g/mol. The molecule has 0 saturated carbocycles. The van der Waals surface area contributed by atoms with Gasteiger partial charge in [0.05, 0.1) is 22.7 Å². The minimum atomic E-state index is -0.275. The Morgan fingerprint density at radius 3 is 2.78 bits per heavy atom. The summed E-state index contributed by atoms with van der Waals surface area (Å²) in [5, 5.41) is 6.69. The molecule has 0 spiro atoms. The molecule has 27 heavy (non-hydrogen) atoms. The predicted octanol–water partition coefficient (Wildman–Crippen LogP) is 5.53. The van der Waals surface area contributed by atoms with Gasteiger partial charge in [-0.15, -0.1) is 0 Å². The van der Waals surface area contributed by atoms with Gasteiger partial charge in [0.15, 0.2) is 0 Å². The molecular weight excluding hydrogens is 382 g/mol. The van der Waals surface area contributed by atoms with Gasteiger partial charge in [-0.2, -0.15) is 10.1 Å². The van der Waals surface area contributed by atoms with Crippen molar-refractivity contribution in [1.82, 2.24) is 4.98 Å². The molecular formula is C20H14ClN3O2S. The fourth-order valence-electron chi connectivity index (χ4n) is 2.46. The topological polar surface area (TPSA) is 58.7 Å². The molecule has 2 aromatic heterocycles. The fraction of sp³-hybridized carbons (Fsp3) is 0.0500. The van der Waals surface area contributed by atoms with Gasteiger partial charge >= 0.3 is 0 Å². The van der Waals surface area contributed by atoms with E-state index in [4.69, 9.17) is 16.0 Å². The van der Waals surface area contributed by atoms with E-state index < -0.39 is 0 Å². The van der Waals surface area contributed by atoms with E-state index in [-0.39, 0.29) is 5.91 Å². The van der Waals surface area contributed by atoms with Crippen LogP contribution in [-0.2, 0) is 0 Å². The molecule has 5 nitrogen and oxygen atoms in total. The van der Waals surface area contributed by atoms with Crippen molar-refractivity contribution in [3.05, 3.63) is 82.8 Å². The van der Waals surface area contributed by atoms with Gasteiger partial charge in [0.2, 0.25) is 5.13 Å². The molecule has 0 fully saturated rings. The highest BCUT2D eigenvalue weighted by Crippen LogP contribution is 2.31. The number of hydrogen-bond donors (Lipinski definition) is 0. The molecule has 0 aliphatic rings. The number of hydrogen-bond acceptors (Lipinski definition) is 5. The van der Waals surface area contributed by atoms with Crippen molar-refractivity contribution in [2.45, 2.75) is 6.92 Å². The van der Waals surface area contributed by atoms with Gasteiger partial charge in [0.25, 0.3) is 5.91 Å². The number of aryl methyl sites for hydroxylation is 1. The van der Waals surface area contributed by atoms with Crippen molar-refractivity contribution in [2.24, 2.45) is 5.10 Å². The summed E-state index contributed by atoms with van der Waals surface area (Å²) in [5.74, 6) is 0.267. The quantitative estimate of drug-likeness (QED) is 0.337. The van der Waals surface area contributed by atoms with E-state index in [2.05, 4.69) is 10.1 Å². The highest BCUT2D eigenvalue weighted by molar-refractivity contribution is 7.22. The first-order valence-electron chi connectivity index (χ1n) is 8.15. The highest BCUT2D eigenvalue weighted by atomic mass is 35.5. The molecule has 0 N–H and O–H groups in total. The van der Waals surface area contributed by atoms with Gasteiger partial charge in [-0.25, -0.2) is 4.98 Å². The van der Waals surface area contributed by atoms with E-state index >= 15 is 0 Å². The standard InChI is InChI=1S/C20H14ClN3O2S/c1-13-4-6-14(7-5-13)19(25)24(22-12-16-3-2-10-26-16)20-23-17-9-8-15(21)11-18(17)27-20/h2-12H,1H3/b22-12-. The van der Waals surface area contributed by atoms with Crippen LogP contribution < -0.4 is 5.01 Å². The molecule has 1 amide bonds. The Hall–Kier alpha value is -2.96. The largest absolute Gasteiger partial charge is 0.463 e. The Balaban J connectivity index is 1.76. The monoisotopic (exact) mass is 395 g/mol. The Morgan fingerprint density at radius 2 is 2.04 bits per heavy atom. The van der Waals surface area contributed by atoms with Gasteiger partial charge in [-0.1, -0.05) is 40.6 Å². The lowest BCUT2D eigenvalue weighted by Gasteiger charge is -2.13. The van der Waals surface area contributed by atoms with E-state index in [0.29, 0.717) is 21.5 Å². The molecule has 0 saturated heterocycles. The molecule has 7 heteroatoms. The van der Waals surface area contributed by atoms with Crippen molar-refractivity contribution >= 4 is 50.4 Å². The summed E-state index contributed by atoms with van der Waals surface area (Å²) < 4.78 is 6.16. The molecule has 0 radical (unpaired) electrons. The van der Waals surface area contributed by atoms with Crippen LogP contribution in [0.2, 0.25) is 5.02 Å². The number of carbonyl (C=O) groups is 1. The minimum absolute atomic E-state index is 0.275. The molecule has 4 rings (SSSR count). The van der Waals surface area contributed by atoms with Crippen LogP contribution in [0, 0.1) is 6.92 Å². The van der Waals surface area contributed by atoms with E-state index in [9.17, 15) is 4.79 Å². The first-order chi connectivity index (χ1) is 13.1. The molecule has 2 heterocycles. The minimum Gasteiger partial charge on any atom is -0.463 e. The number of anilines is 1. The van der Waals surface area contributed by atoms with Crippen LogP contribution in [0.1, 0.15) is 21.7 Å². The molecule has 0 atom stereocenters. The normalized spacial score (nSPS) is 11.3. The smallest absolute Gasteiger partial charge is 0.280 e. The highest BCUT2D eigenvalue weighted by Gasteiger charge is 2.21. The van der Waals surface area contributed by atoms with Crippen LogP contribution in [-0.4, -0.2) is 17.1 Å². The van der Waals surface area contributed by atoms with E-state index in [0.717, 1.165) is 15.8 Å². The number of benzene rings is 2. The molecule has 2 aromatic carbocycles. The molecule has 0 bridgehead atoms. The number of amides is 1.